The Labute approximate surface area is 200 Å². The van der Waals surface area contributed by atoms with Gasteiger partial charge in [0.2, 0.25) is 0 Å². The summed E-state index contributed by atoms with van der Waals surface area (Å²) in [5.41, 5.74) is 6.53. The molecule has 0 bridgehead atoms. The molecule has 0 aliphatic heterocycles. The van der Waals surface area contributed by atoms with Gasteiger partial charge >= 0.3 is 0 Å². The van der Waals surface area contributed by atoms with Crippen molar-refractivity contribution in [2.24, 2.45) is 7.05 Å². The van der Waals surface area contributed by atoms with Gasteiger partial charge in [-0.1, -0.05) is 75.7 Å². The second-order valence-electron chi connectivity index (χ2n) is 8.92. The lowest BCUT2D eigenvalue weighted by Gasteiger charge is -2.20. The molecule has 0 N–H and O–H groups in total. The van der Waals surface area contributed by atoms with Crippen LogP contribution in [0.2, 0.25) is 0 Å². The van der Waals surface area contributed by atoms with E-state index in [-0.39, 0.29) is 0 Å². The van der Waals surface area contributed by atoms with Crippen molar-refractivity contribution >= 4 is 0 Å². The molecule has 0 saturated heterocycles. The van der Waals surface area contributed by atoms with Gasteiger partial charge in [-0.15, -0.1) is 0 Å². The molecule has 0 unspecified atom stereocenters. The van der Waals surface area contributed by atoms with E-state index in [0.29, 0.717) is 5.56 Å². The van der Waals surface area contributed by atoms with Crippen LogP contribution in [0.25, 0.3) is 28.2 Å². The highest BCUT2D eigenvalue weighted by atomic mass is 15.1. The van der Waals surface area contributed by atoms with Crippen LogP contribution in [-0.2, 0) is 7.05 Å². The summed E-state index contributed by atoms with van der Waals surface area (Å²) in [6.45, 7) is 7.25. The zero-order valence-corrected chi connectivity index (χ0v) is 19.8. The van der Waals surface area contributed by atoms with E-state index in [4.69, 9.17) is 6.85 Å². The van der Waals surface area contributed by atoms with Gasteiger partial charge in [-0.05, 0) is 60.5 Å². The SMILES string of the molecule is [2H]C([2H])([2H])c1ccc(-c2n(-c3c(C([2H])(C)C)cc(-c4ccccc4)cc3C([2H])(C)C)cc[n+]2C)c(C)c1. The molecule has 2 nitrogen and oxygen atoms in total. The molecule has 2 heteroatoms. The fraction of sp³-hybridized carbons (Fsp3) is 0.300. The molecule has 1 aromatic heterocycles. The third kappa shape index (κ3) is 4.02. The van der Waals surface area contributed by atoms with Crippen molar-refractivity contribution in [2.45, 2.75) is 53.3 Å². The Morgan fingerprint density at radius 1 is 0.875 bits per heavy atom. The summed E-state index contributed by atoms with van der Waals surface area (Å²) >= 11 is 0. The first-order valence-corrected chi connectivity index (χ1v) is 11.0. The third-order valence-corrected chi connectivity index (χ3v) is 6.00. The van der Waals surface area contributed by atoms with Gasteiger partial charge in [0, 0.05) is 18.0 Å². The molecule has 164 valence electrons. The molecule has 0 amide bonds. The molecular weight excluding hydrogens is 388 g/mol. The van der Waals surface area contributed by atoms with Gasteiger partial charge in [0.25, 0.3) is 5.82 Å². The predicted octanol–water partition coefficient (Wildman–Crippen LogP) is 7.50. The van der Waals surface area contributed by atoms with Gasteiger partial charge in [-0.25, -0.2) is 4.57 Å². The standard InChI is InChI=1S/C30H35N2/c1-20(2)27-18-25(24-11-9-8-10-12-24)19-28(21(3)4)29(27)32-16-15-31(7)30(32)26-14-13-22(5)17-23(26)6/h8-21H,1-7H3/q+1/i5D3,20D,21D. The van der Waals surface area contributed by atoms with Gasteiger partial charge in [0.1, 0.15) is 18.1 Å². The fourth-order valence-corrected chi connectivity index (χ4v) is 4.35. The Hall–Kier alpha value is -3.13. The van der Waals surface area contributed by atoms with Crippen LogP contribution >= 0.6 is 0 Å². The van der Waals surface area contributed by atoms with Crippen LogP contribution in [0.5, 0.6) is 0 Å². The van der Waals surface area contributed by atoms with Crippen LogP contribution in [0.3, 0.4) is 0 Å². The summed E-state index contributed by atoms with van der Waals surface area (Å²) in [5, 5.41) is 0. The Kier molecular flexibility index (Phi) is 4.53. The van der Waals surface area contributed by atoms with E-state index in [9.17, 15) is 0 Å². The largest absolute Gasteiger partial charge is 0.294 e. The van der Waals surface area contributed by atoms with Crippen LogP contribution in [0.15, 0.2) is 73.1 Å². The molecule has 0 saturated carbocycles. The van der Waals surface area contributed by atoms with Gasteiger partial charge in [0.15, 0.2) is 0 Å². The van der Waals surface area contributed by atoms with Gasteiger partial charge in [-0.3, -0.25) is 0 Å². The van der Waals surface area contributed by atoms with Crippen molar-refractivity contribution in [1.82, 2.24) is 4.57 Å². The Morgan fingerprint density at radius 2 is 1.53 bits per heavy atom. The highest BCUT2D eigenvalue weighted by Gasteiger charge is 2.27. The average molecular weight is 429 g/mol. The van der Waals surface area contributed by atoms with E-state index in [1.165, 1.54) is 0 Å². The molecule has 3 aromatic carbocycles. The van der Waals surface area contributed by atoms with Crippen LogP contribution < -0.4 is 4.57 Å². The summed E-state index contributed by atoms with van der Waals surface area (Å²) in [6.07, 6.45) is 3.92. The summed E-state index contributed by atoms with van der Waals surface area (Å²) in [7, 11) is 1.96. The number of imidazole rings is 1. The highest BCUT2D eigenvalue weighted by molar-refractivity contribution is 5.71. The zero-order valence-electron chi connectivity index (χ0n) is 24.8. The van der Waals surface area contributed by atoms with Gasteiger partial charge in [0.05, 0.1) is 12.6 Å². The summed E-state index contributed by atoms with van der Waals surface area (Å²) in [5.74, 6) is -1.03. The van der Waals surface area contributed by atoms with Crippen LogP contribution in [0.1, 0.15) is 68.6 Å². The number of hydrogen-bond acceptors (Lipinski definition) is 0. The Morgan fingerprint density at radius 3 is 2.09 bits per heavy atom. The Balaban J connectivity index is 2.06. The van der Waals surface area contributed by atoms with Crippen molar-refractivity contribution in [2.75, 3.05) is 0 Å². The first kappa shape index (κ1) is 16.5. The molecule has 1 heterocycles. The van der Waals surface area contributed by atoms with Crippen LogP contribution in [0.4, 0.5) is 0 Å². The quantitative estimate of drug-likeness (QED) is 0.291. The maximum Gasteiger partial charge on any atom is 0.294 e. The van der Waals surface area contributed by atoms with E-state index in [1.807, 2.05) is 95.0 Å². The molecule has 0 radical (unpaired) electrons. The average Bonchev–Trinajstić information content (AvgIpc) is 3.17. The molecule has 0 aliphatic carbocycles. The first-order valence-electron chi connectivity index (χ1n) is 13.5. The normalized spacial score (nSPS) is 14.9. The van der Waals surface area contributed by atoms with Crippen molar-refractivity contribution in [3.63, 3.8) is 0 Å². The van der Waals surface area contributed by atoms with Gasteiger partial charge in [-0.2, -0.15) is 4.57 Å². The smallest absolute Gasteiger partial charge is 0.232 e. The van der Waals surface area contributed by atoms with Crippen molar-refractivity contribution < 1.29 is 11.4 Å². The van der Waals surface area contributed by atoms with E-state index >= 15 is 0 Å². The molecule has 0 aliphatic rings. The molecule has 0 spiro atoms. The third-order valence-electron chi connectivity index (χ3n) is 6.00. The maximum absolute atomic E-state index is 9.10. The number of aryl methyl sites for hydroxylation is 3. The predicted molar refractivity (Wildman–Crippen MR) is 135 cm³/mol. The topological polar surface area (TPSA) is 8.81 Å². The number of nitrogens with zero attached hydrogens (tertiary/aromatic N) is 2. The number of aromatic nitrogens is 2. The minimum absolute atomic E-state index is 0.308. The van der Waals surface area contributed by atoms with Crippen LogP contribution in [0, 0.1) is 13.8 Å². The Bertz CT molecular complexity index is 1400. The molecule has 4 aromatic rings. The maximum atomic E-state index is 9.10. The van der Waals surface area contributed by atoms with Crippen molar-refractivity contribution in [1.29, 1.82) is 0 Å². The number of benzene rings is 3. The second kappa shape index (κ2) is 8.78. The molecule has 32 heavy (non-hydrogen) atoms. The number of rotatable bonds is 5. The van der Waals surface area contributed by atoms with E-state index in [0.717, 1.165) is 44.9 Å². The minimum Gasteiger partial charge on any atom is -0.232 e. The monoisotopic (exact) mass is 428 g/mol. The van der Waals surface area contributed by atoms with E-state index < -0.39 is 18.6 Å². The molecular formula is C30H35N2+. The molecule has 4 rings (SSSR count). The van der Waals surface area contributed by atoms with E-state index in [2.05, 4.69) is 16.7 Å². The lowest BCUT2D eigenvalue weighted by Crippen LogP contribution is -2.29. The van der Waals surface area contributed by atoms with Crippen molar-refractivity contribution in [3.8, 4) is 28.2 Å². The van der Waals surface area contributed by atoms with Crippen LogP contribution in [-0.4, -0.2) is 4.57 Å². The lowest BCUT2D eigenvalue weighted by atomic mass is 9.88. The van der Waals surface area contributed by atoms with Crippen molar-refractivity contribution in [3.05, 3.63) is 95.3 Å². The molecule has 0 atom stereocenters. The summed E-state index contributed by atoms with van der Waals surface area (Å²) in [4.78, 5) is 0. The summed E-state index contributed by atoms with van der Waals surface area (Å²) < 4.78 is 45.7. The molecule has 0 fully saturated rings. The fourth-order valence-electron chi connectivity index (χ4n) is 4.35. The zero-order chi connectivity index (χ0) is 27.3. The lowest BCUT2D eigenvalue weighted by molar-refractivity contribution is -0.659. The number of hydrogen-bond donors (Lipinski definition) is 0. The van der Waals surface area contributed by atoms with Gasteiger partial charge < -0.3 is 0 Å². The minimum atomic E-state index is -2.18. The highest BCUT2D eigenvalue weighted by Crippen LogP contribution is 2.37. The first-order chi connectivity index (χ1) is 17.1. The second-order valence-corrected chi connectivity index (χ2v) is 8.92. The summed E-state index contributed by atoms with van der Waals surface area (Å²) in [6, 6.07) is 19.5. The van der Waals surface area contributed by atoms with E-state index in [1.54, 1.807) is 12.1 Å².